The standard InChI is InChI=1S/C31H45NO8/c1-2-3-4-5-6-7-8-11-17-39-26-19-25(32(22-29(34)35)23-30(36)37)20-27(21-26)40-18-12-9-10-14-24-15-13-16-28(33)31(24)38/h13,15-16,19-21,33,38H,2-12,14,17-18,22-23H2,1H3,(H,34,35)(H,36,37). The summed E-state index contributed by atoms with van der Waals surface area (Å²) in [6.07, 6.45) is 12.4. The Morgan fingerprint density at radius 2 is 1.25 bits per heavy atom. The number of carboxylic acids is 2. The first-order valence-electron chi connectivity index (χ1n) is 14.4. The van der Waals surface area contributed by atoms with Crippen LogP contribution in [-0.2, 0) is 16.0 Å². The maximum atomic E-state index is 11.4. The number of hydrogen-bond acceptors (Lipinski definition) is 7. The molecule has 0 fully saturated rings. The minimum Gasteiger partial charge on any atom is -0.504 e. The molecule has 4 N–H and O–H groups in total. The van der Waals surface area contributed by atoms with Gasteiger partial charge >= 0.3 is 11.9 Å². The van der Waals surface area contributed by atoms with Gasteiger partial charge in [-0.3, -0.25) is 9.59 Å². The number of carbonyl (C=O) groups is 2. The minimum absolute atomic E-state index is 0.0812. The molecule has 0 unspecified atom stereocenters. The van der Waals surface area contributed by atoms with Crippen molar-refractivity contribution in [2.75, 3.05) is 31.2 Å². The van der Waals surface area contributed by atoms with Crippen LogP contribution in [0.3, 0.4) is 0 Å². The second-order valence-corrected chi connectivity index (χ2v) is 10.1. The summed E-state index contributed by atoms with van der Waals surface area (Å²) in [5.74, 6) is -1.48. The highest BCUT2D eigenvalue weighted by Gasteiger charge is 2.17. The zero-order valence-corrected chi connectivity index (χ0v) is 23.6. The molecule has 0 aromatic heterocycles. The number of phenols is 2. The number of para-hydroxylation sites is 1. The van der Waals surface area contributed by atoms with E-state index in [4.69, 9.17) is 9.47 Å². The highest BCUT2D eigenvalue weighted by molar-refractivity contribution is 5.80. The van der Waals surface area contributed by atoms with Crippen LogP contribution in [0.1, 0.15) is 83.1 Å². The van der Waals surface area contributed by atoms with Crippen LogP contribution in [-0.4, -0.2) is 58.7 Å². The van der Waals surface area contributed by atoms with Crippen LogP contribution in [0.5, 0.6) is 23.0 Å². The number of carboxylic acid groups (broad SMARTS) is 2. The Balaban J connectivity index is 1.92. The number of unbranched alkanes of at least 4 members (excludes halogenated alkanes) is 9. The molecule has 0 bridgehead atoms. The third-order valence-corrected chi connectivity index (χ3v) is 6.61. The molecule has 0 saturated heterocycles. The normalized spacial score (nSPS) is 10.8. The predicted molar refractivity (Wildman–Crippen MR) is 155 cm³/mol. The van der Waals surface area contributed by atoms with Crippen LogP contribution in [0.15, 0.2) is 36.4 Å². The van der Waals surface area contributed by atoms with Crippen LogP contribution in [0.4, 0.5) is 5.69 Å². The molecule has 40 heavy (non-hydrogen) atoms. The van der Waals surface area contributed by atoms with Gasteiger partial charge in [0.15, 0.2) is 11.5 Å². The Labute approximate surface area is 237 Å². The second kappa shape index (κ2) is 18.6. The van der Waals surface area contributed by atoms with Crippen molar-refractivity contribution in [2.45, 2.75) is 84.0 Å². The number of hydrogen-bond donors (Lipinski definition) is 4. The van der Waals surface area contributed by atoms with Gasteiger partial charge in [-0.25, -0.2) is 0 Å². The number of ether oxygens (including phenoxy) is 2. The molecule has 0 heterocycles. The maximum Gasteiger partial charge on any atom is 0.323 e. The predicted octanol–water partition coefficient (Wildman–Crippen LogP) is 6.38. The molecular weight excluding hydrogens is 514 g/mol. The Kier molecular flexibility index (Phi) is 15.2. The summed E-state index contributed by atoms with van der Waals surface area (Å²) in [4.78, 5) is 24.0. The summed E-state index contributed by atoms with van der Waals surface area (Å²) in [6, 6.07) is 9.98. The minimum atomic E-state index is -1.13. The molecule has 0 atom stereocenters. The fourth-order valence-corrected chi connectivity index (χ4v) is 4.46. The summed E-state index contributed by atoms with van der Waals surface area (Å²) in [5, 5.41) is 38.2. The molecule has 0 aliphatic rings. The van der Waals surface area contributed by atoms with Crippen molar-refractivity contribution < 1.29 is 39.5 Å². The highest BCUT2D eigenvalue weighted by atomic mass is 16.5. The van der Waals surface area contributed by atoms with Crippen molar-refractivity contribution in [3.05, 3.63) is 42.0 Å². The first-order chi connectivity index (χ1) is 19.3. The van der Waals surface area contributed by atoms with E-state index in [1.165, 1.54) is 43.1 Å². The summed E-state index contributed by atoms with van der Waals surface area (Å²) in [6.45, 7) is 2.20. The van der Waals surface area contributed by atoms with Gasteiger partial charge in [0.25, 0.3) is 0 Å². The molecule has 0 aliphatic heterocycles. The lowest BCUT2D eigenvalue weighted by Gasteiger charge is -2.22. The average molecular weight is 560 g/mol. The summed E-state index contributed by atoms with van der Waals surface area (Å²) < 4.78 is 11.9. The number of benzene rings is 2. The molecule has 0 aliphatic carbocycles. The molecule has 2 aromatic carbocycles. The first-order valence-corrected chi connectivity index (χ1v) is 14.4. The average Bonchev–Trinajstić information content (AvgIpc) is 2.91. The van der Waals surface area contributed by atoms with E-state index in [1.807, 2.05) is 0 Å². The Morgan fingerprint density at radius 3 is 1.80 bits per heavy atom. The lowest BCUT2D eigenvalue weighted by molar-refractivity contribution is -0.136. The maximum absolute atomic E-state index is 11.4. The van der Waals surface area contributed by atoms with Crippen molar-refractivity contribution in [3.8, 4) is 23.0 Å². The second-order valence-electron chi connectivity index (χ2n) is 10.1. The van der Waals surface area contributed by atoms with Crippen molar-refractivity contribution in [1.82, 2.24) is 0 Å². The van der Waals surface area contributed by atoms with Crippen molar-refractivity contribution in [3.63, 3.8) is 0 Å². The zero-order chi connectivity index (χ0) is 29.2. The monoisotopic (exact) mass is 559 g/mol. The van der Waals surface area contributed by atoms with Crippen LogP contribution in [0, 0.1) is 0 Å². The molecular formula is C31H45NO8. The van der Waals surface area contributed by atoms with Crippen molar-refractivity contribution in [2.24, 2.45) is 0 Å². The van der Waals surface area contributed by atoms with Gasteiger partial charge in [-0.2, -0.15) is 0 Å². The molecule has 0 spiro atoms. The number of phenolic OH excluding ortho intramolecular Hbond substituents is 2. The fourth-order valence-electron chi connectivity index (χ4n) is 4.46. The molecule has 2 aromatic rings. The third kappa shape index (κ3) is 13.0. The number of nitrogens with zero attached hydrogens (tertiary/aromatic N) is 1. The van der Waals surface area contributed by atoms with E-state index in [2.05, 4.69) is 6.92 Å². The van der Waals surface area contributed by atoms with Crippen LogP contribution < -0.4 is 14.4 Å². The number of aromatic hydroxyl groups is 2. The Bertz CT molecular complexity index is 1030. The van der Waals surface area contributed by atoms with Crippen LogP contribution >= 0.6 is 0 Å². The topological polar surface area (TPSA) is 137 Å². The number of anilines is 1. The van der Waals surface area contributed by atoms with Gasteiger partial charge in [0.05, 0.1) is 13.2 Å². The highest BCUT2D eigenvalue weighted by Crippen LogP contribution is 2.31. The van der Waals surface area contributed by atoms with Gasteiger partial charge in [0.2, 0.25) is 0 Å². The Hall–Kier alpha value is -3.62. The lowest BCUT2D eigenvalue weighted by atomic mass is 10.1. The van der Waals surface area contributed by atoms with E-state index >= 15 is 0 Å². The smallest absolute Gasteiger partial charge is 0.323 e. The third-order valence-electron chi connectivity index (χ3n) is 6.61. The summed E-state index contributed by atoms with van der Waals surface area (Å²) in [7, 11) is 0. The summed E-state index contributed by atoms with van der Waals surface area (Å²) >= 11 is 0. The van der Waals surface area contributed by atoms with Crippen LogP contribution in [0.2, 0.25) is 0 Å². The first kappa shape index (κ1) is 32.6. The van der Waals surface area contributed by atoms with E-state index in [-0.39, 0.29) is 11.5 Å². The molecule has 0 radical (unpaired) electrons. The number of aryl methyl sites for hydroxylation is 1. The number of rotatable bonds is 22. The van der Waals surface area contributed by atoms with Crippen molar-refractivity contribution >= 4 is 17.6 Å². The van der Waals surface area contributed by atoms with E-state index < -0.39 is 25.0 Å². The van der Waals surface area contributed by atoms with E-state index in [0.717, 1.165) is 38.5 Å². The number of aliphatic carboxylic acids is 2. The summed E-state index contributed by atoms with van der Waals surface area (Å²) in [5.41, 5.74) is 1.11. The molecule has 0 amide bonds. The van der Waals surface area contributed by atoms with Gasteiger partial charge in [-0.05, 0) is 43.7 Å². The molecule has 222 valence electrons. The van der Waals surface area contributed by atoms with Crippen LogP contribution in [0.25, 0.3) is 0 Å². The lowest BCUT2D eigenvalue weighted by Crippen LogP contribution is -2.34. The van der Waals surface area contributed by atoms with E-state index in [1.54, 1.807) is 30.3 Å². The fraction of sp³-hybridized carbons (Fsp3) is 0.548. The Morgan fingerprint density at radius 1 is 0.725 bits per heavy atom. The molecule has 9 heteroatoms. The molecule has 9 nitrogen and oxygen atoms in total. The van der Waals surface area contributed by atoms with Gasteiger partial charge in [-0.15, -0.1) is 0 Å². The molecule has 2 rings (SSSR count). The quantitative estimate of drug-likeness (QED) is 0.0956. The largest absolute Gasteiger partial charge is 0.504 e. The zero-order valence-electron chi connectivity index (χ0n) is 23.6. The van der Waals surface area contributed by atoms with Gasteiger partial charge in [0, 0.05) is 23.9 Å². The molecule has 0 saturated carbocycles. The SMILES string of the molecule is CCCCCCCCCCOc1cc(OCCCCCc2cccc(O)c2O)cc(N(CC(=O)O)CC(=O)O)c1. The van der Waals surface area contributed by atoms with Crippen molar-refractivity contribution in [1.29, 1.82) is 0 Å². The van der Waals surface area contributed by atoms with E-state index in [0.29, 0.717) is 42.4 Å². The van der Waals surface area contributed by atoms with E-state index in [9.17, 15) is 30.0 Å². The van der Waals surface area contributed by atoms with Gasteiger partial charge < -0.3 is 34.8 Å². The van der Waals surface area contributed by atoms with Gasteiger partial charge in [0.1, 0.15) is 24.6 Å². The van der Waals surface area contributed by atoms with Gasteiger partial charge in [-0.1, -0.05) is 64.0 Å².